The van der Waals surface area contributed by atoms with Crippen LogP contribution in [0.2, 0.25) is 0 Å². The van der Waals surface area contributed by atoms with Crippen molar-refractivity contribution in [2.24, 2.45) is 0 Å². The second kappa shape index (κ2) is 6.08. The second-order valence-electron chi connectivity index (χ2n) is 6.91. The maximum absolute atomic E-state index is 12.4. The van der Waals surface area contributed by atoms with E-state index in [0.717, 1.165) is 5.56 Å². The van der Waals surface area contributed by atoms with Crippen LogP contribution in [-0.4, -0.2) is 28.0 Å². The monoisotopic (exact) mass is 304 g/mol. The minimum Gasteiger partial charge on any atom is -0.459 e. The first-order valence-corrected chi connectivity index (χ1v) is 7.55. The molecule has 0 aromatic heterocycles. The number of carbonyl (C=O) groups excluding carboxylic acids is 2. The highest BCUT2D eigenvalue weighted by molar-refractivity contribution is 5.85. The highest BCUT2D eigenvalue weighted by atomic mass is 16.6. The first-order valence-electron chi connectivity index (χ1n) is 7.55. The van der Waals surface area contributed by atoms with Gasteiger partial charge in [-0.25, -0.2) is 10.2 Å². The van der Waals surface area contributed by atoms with Gasteiger partial charge in [0.2, 0.25) is 5.91 Å². The SMILES string of the molecule is CC(C)(C)OC(=O)C1(C)CCC(=O)N(Cc2ccccc2)N1. The van der Waals surface area contributed by atoms with Crippen molar-refractivity contribution in [3.05, 3.63) is 35.9 Å². The van der Waals surface area contributed by atoms with Gasteiger partial charge in [-0.2, -0.15) is 0 Å². The van der Waals surface area contributed by atoms with E-state index in [2.05, 4.69) is 5.43 Å². The summed E-state index contributed by atoms with van der Waals surface area (Å²) in [5, 5.41) is 1.52. The number of hydrazine groups is 1. The Morgan fingerprint density at radius 1 is 1.32 bits per heavy atom. The Kier molecular flexibility index (Phi) is 4.56. The molecule has 0 aliphatic carbocycles. The van der Waals surface area contributed by atoms with Crippen LogP contribution < -0.4 is 5.43 Å². The summed E-state index contributed by atoms with van der Waals surface area (Å²) in [5.41, 5.74) is 2.64. The average molecular weight is 304 g/mol. The molecule has 1 aliphatic heterocycles. The molecule has 1 unspecified atom stereocenters. The Balaban J connectivity index is 2.09. The molecular formula is C17H24N2O3. The Hall–Kier alpha value is -1.88. The summed E-state index contributed by atoms with van der Waals surface area (Å²) in [6.45, 7) is 7.72. The van der Waals surface area contributed by atoms with Gasteiger partial charge in [-0.15, -0.1) is 0 Å². The summed E-state index contributed by atoms with van der Waals surface area (Å²) < 4.78 is 5.47. The van der Waals surface area contributed by atoms with Gasteiger partial charge in [0, 0.05) is 6.42 Å². The molecule has 0 saturated carbocycles. The molecule has 1 heterocycles. The topological polar surface area (TPSA) is 58.6 Å². The van der Waals surface area contributed by atoms with E-state index in [4.69, 9.17) is 4.74 Å². The number of ether oxygens (including phenoxy) is 1. The van der Waals surface area contributed by atoms with Crippen LogP contribution in [0.5, 0.6) is 0 Å². The number of rotatable bonds is 3. The van der Waals surface area contributed by atoms with Crippen molar-refractivity contribution < 1.29 is 14.3 Å². The van der Waals surface area contributed by atoms with Gasteiger partial charge in [0.15, 0.2) is 0 Å². The Labute approximate surface area is 131 Å². The van der Waals surface area contributed by atoms with E-state index in [1.165, 1.54) is 5.01 Å². The zero-order chi connectivity index (χ0) is 16.4. The highest BCUT2D eigenvalue weighted by Crippen LogP contribution is 2.24. The third-order valence-corrected chi connectivity index (χ3v) is 3.55. The molecule has 120 valence electrons. The molecule has 0 bridgehead atoms. The number of carbonyl (C=O) groups is 2. The van der Waals surface area contributed by atoms with Crippen molar-refractivity contribution in [2.45, 2.75) is 58.2 Å². The van der Waals surface area contributed by atoms with Crippen molar-refractivity contribution in [3.63, 3.8) is 0 Å². The van der Waals surface area contributed by atoms with Gasteiger partial charge in [-0.1, -0.05) is 30.3 Å². The number of benzene rings is 1. The fourth-order valence-corrected chi connectivity index (χ4v) is 2.34. The minimum atomic E-state index is -0.879. The second-order valence-corrected chi connectivity index (χ2v) is 6.91. The van der Waals surface area contributed by atoms with Crippen LogP contribution >= 0.6 is 0 Å². The lowest BCUT2D eigenvalue weighted by Gasteiger charge is -2.40. The van der Waals surface area contributed by atoms with Crippen LogP contribution in [0.15, 0.2) is 30.3 Å². The molecular weight excluding hydrogens is 280 g/mol. The molecule has 1 aromatic rings. The first kappa shape index (κ1) is 16.5. The van der Waals surface area contributed by atoms with Crippen LogP contribution in [-0.2, 0) is 20.9 Å². The normalized spacial score (nSPS) is 22.5. The quantitative estimate of drug-likeness (QED) is 0.871. The lowest BCUT2D eigenvalue weighted by atomic mass is 9.93. The van der Waals surface area contributed by atoms with Crippen LogP contribution in [0.1, 0.15) is 46.1 Å². The van der Waals surface area contributed by atoms with Gasteiger partial charge >= 0.3 is 5.97 Å². The van der Waals surface area contributed by atoms with Gasteiger partial charge in [-0.05, 0) is 39.7 Å². The molecule has 22 heavy (non-hydrogen) atoms. The number of hydrogen-bond donors (Lipinski definition) is 1. The van der Waals surface area contributed by atoms with E-state index in [9.17, 15) is 9.59 Å². The summed E-state index contributed by atoms with van der Waals surface area (Å²) in [4.78, 5) is 24.5. The van der Waals surface area contributed by atoms with E-state index >= 15 is 0 Å². The Bertz CT molecular complexity index is 551. The van der Waals surface area contributed by atoms with Gasteiger partial charge < -0.3 is 4.74 Å². The molecule has 5 nitrogen and oxygen atoms in total. The minimum absolute atomic E-state index is 0.00936. The standard InChI is InChI=1S/C17H24N2O3/c1-16(2,3)22-15(21)17(4)11-10-14(20)19(18-17)12-13-8-6-5-7-9-13/h5-9,18H,10-12H2,1-4H3. The van der Waals surface area contributed by atoms with E-state index < -0.39 is 11.1 Å². The van der Waals surface area contributed by atoms with Crippen LogP contribution in [0, 0.1) is 0 Å². The lowest BCUT2D eigenvalue weighted by Crippen LogP contribution is -2.63. The number of nitrogens with one attached hydrogen (secondary N) is 1. The molecule has 1 aliphatic rings. The van der Waals surface area contributed by atoms with Crippen molar-refractivity contribution in [3.8, 4) is 0 Å². The van der Waals surface area contributed by atoms with Crippen LogP contribution in [0.4, 0.5) is 0 Å². The zero-order valence-electron chi connectivity index (χ0n) is 13.7. The fourth-order valence-electron chi connectivity index (χ4n) is 2.34. The molecule has 1 aromatic carbocycles. The number of amides is 1. The first-order chi connectivity index (χ1) is 10.2. The van der Waals surface area contributed by atoms with Gasteiger partial charge in [0.05, 0.1) is 6.54 Å². The number of hydrogen-bond acceptors (Lipinski definition) is 4. The lowest BCUT2D eigenvalue weighted by molar-refractivity contribution is -0.170. The van der Waals surface area contributed by atoms with E-state index in [1.807, 2.05) is 51.1 Å². The van der Waals surface area contributed by atoms with Gasteiger partial charge in [-0.3, -0.25) is 9.80 Å². The molecule has 0 spiro atoms. The summed E-state index contributed by atoms with van der Waals surface area (Å²) in [6, 6.07) is 9.69. The molecule has 1 fully saturated rings. The maximum atomic E-state index is 12.4. The summed E-state index contributed by atoms with van der Waals surface area (Å²) in [5.74, 6) is -0.338. The number of esters is 1. The molecule has 1 saturated heterocycles. The highest BCUT2D eigenvalue weighted by Gasteiger charge is 2.43. The smallest absolute Gasteiger partial charge is 0.328 e. The molecule has 1 N–H and O–H groups in total. The third kappa shape index (κ3) is 4.07. The Morgan fingerprint density at radius 3 is 2.55 bits per heavy atom. The molecule has 5 heteroatoms. The predicted octanol–water partition coefficient (Wildman–Crippen LogP) is 2.41. The average Bonchev–Trinajstić information content (AvgIpc) is 2.42. The van der Waals surface area contributed by atoms with Crippen molar-refractivity contribution in [2.75, 3.05) is 0 Å². The fraction of sp³-hybridized carbons (Fsp3) is 0.529. The van der Waals surface area contributed by atoms with Crippen molar-refractivity contribution >= 4 is 11.9 Å². The predicted molar refractivity (Wildman–Crippen MR) is 83.6 cm³/mol. The largest absolute Gasteiger partial charge is 0.459 e. The number of nitrogens with zero attached hydrogens (tertiary/aromatic N) is 1. The van der Waals surface area contributed by atoms with Gasteiger partial charge in [0.1, 0.15) is 11.1 Å². The third-order valence-electron chi connectivity index (χ3n) is 3.55. The van der Waals surface area contributed by atoms with Crippen molar-refractivity contribution in [1.82, 2.24) is 10.4 Å². The Morgan fingerprint density at radius 2 is 1.95 bits per heavy atom. The zero-order valence-corrected chi connectivity index (χ0v) is 13.7. The molecule has 1 amide bonds. The molecule has 2 rings (SSSR count). The van der Waals surface area contributed by atoms with Crippen LogP contribution in [0.25, 0.3) is 0 Å². The van der Waals surface area contributed by atoms with Crippen molar-refractivity contribution in [1.29, 1.82) is 0 Å². The summed E-state index contributed by atoms with van der Waals surface area (Å²) >= 11 is 0. The van der Waals surface area contributed by atoms with E-state index in [0.29, 0.717) is 19.4 Å². The molecule has 0 radical (unpaired) electrons. The maximum Gasteiger partial charge on any atom is 0.328 e. The van der Waals surface area contributed by atoms with Gasteiger partial charge in [0.25, 0.3) is 0 Å². The summed E-state index contributed by atoms with van der Waals surface area (Å²) in [6.07, 6.45) is 0.765. The molecule has 1 atom stereocenters. The summed E-state index contributed by atoms with van der Waals surface area (Å²) in [7, 11) is 0. The van der Waals surface area contributed by atoms with Crippen LogP contribution in [0.3, 0.4) is 0 Å². The van der Waals surface area contributed by atoms with E-state index in [1.54, 1.807) is 6.92 Å². The van der Waals surface area contributed by atoms with E-state index in [-0.39, 0.29) is 11.9 Å².